The number of carboxylic acids is 2. The molecule has 1 saturated carbocycles. The summed E-state index contributed by atoms with van der Waals surface area (Å²) in [7, 11) is 0. The second-order valence-electron chi connectivity index (χ2n) is 17.8. The van der Waals surface area contributed by atoms with Crippen molar-refractivity contribution >= 4 is 29.2 Å². The lowest BCUT2D eigenvalue weighted by atomic mass is 9.67. The molecule has 0 bridgehead atoms. The zero-order chi connectivity index (χ0) is 42.2. The molecule has 2 aliphatic carbocycles. The van der Waals surface area contributed by atoms with Gasteiger partial charge in [-0.15, -0.1) is 0 Å². The van der Waals surface area contributed by atoms with E-state index in [0.29, 0.717) is 35.9 Å². The number of carbonyl (C=O) groups excluding carboxylic acids is 2. The summed E-state index contributed by atoms with van der Waals surface area (Å²) in [5.74, 6) is -0.364. The first-order valence-corrected chi connectivity index (χ1v) is 20.2. The van der Waals surface area contributed by atoms with Crippen LogP contribution < -0.4 is 5.73 Å². The van der Waals surface area contributed by atoms with Crippen LogP contribution in [-0.4, -0.2) is 38.3 Å². The molecule has 1 aromatic heterocycles. The lowest BCUT2D eigenvalue weighted by Crippen LogP contribution is -2.33. The Morgan fingerprint density at radius 2 is 1.22 bits per heavy atom. The average Bonchev–Trinajstić information content (AvgIpc) is 3.58. The van der Waals surface area contributed by atoms with Crippen LogP contribution in [0, 0.1) is 28.6 Å². The van der Waals surface area contributed by atoms with Crippen molar-refractivity contribution in [2.24, 2.45) is 28.6 Å². The van der Waals surface area contributed by atoms with Gasteiger partial charge in [0.2, 0.25) is 0 Å². The number of nitrogens with two attached hydrogens (primary N) is 1. The number of carbonyl (C=O) groups is 4. The standard InChI is InChI=1S/C25H27NO2.C18H24O2.C7H7NO2.CH4/c1-25(2,3)20-12-13-22-19(14-20)16-23(17-8-5-4-6-9-17)26(22)21-11-7-10-18(15-21)24(27)28;1-18(2,3)15-9-10-16(19)14(11-15)12-17(20)13-7-5-4-6-8-13;8-6-3-1-2-5(4-6)7(9)10;/h4-11,15-16,20H,12-14H2,1-3H3,(H,27,28);4-8,14-15H,9-12H2,1-3H3;1-4H,8H2,(H,9,10);1H4. The van der Waals surface area contributed by atoms with Gasteiger partial charge in [-0.25, -0.2) is 9.59 Å². The Bertz CT molecular complexity index is 2210. The number of aromatic nitrogens is 1. The van der Waals surface area contributed by atoms with Crippen LogP contribution in [0.2, 0.25) is 0 Å². The highest BCUT2D eigenvalue weighted by molar-refractivity contribution is 5.99. The lowest BCUT2D eigenvalue weighted by Gasteiger charge is -2.36. The number of hydrogen-bond acceptors (Lipinski definition) is 5. The van der Waals surface area contributed by atoms with Gasteiger partial charge in [-0.1, -0.05) is 122 Å². The Kier molecular flexibility index (Phi) is 15.4. The first kappa shape index (κ1) is 45.9. The van der Waals surface area contributed by atoms with Crippen molar-refractivity contribution < 1.29 is 29.4 Å². The molecule has 312 valence electrons. The van der Waals surface area contributed by atoms with E-state index in [0.717, 1.165) is 54.6 Å². The number of rotatable bonds is 7. The molecule has 3 unspecified atom stereocenters. The van der Waals surface area contributed by atoms with Crippen LogP contribution in [0.25, 0.3) is 16.9 Å². The van der Waals surface area contributed by atoms with Gasteiger partial charge < -0.3 is 20.5 Å². The summed E-state index contributed by atoms with van der Waals surface area (Å²) >= 11 is 0. The molecule has 0 radical (unpaired) electrons. The maximum absolute atomic E-state index is 12.3. The summed E-state index contributed by atoms with van der Waals surface area (Å²) in [6.45, 7) is 13.7. The number of fused-ring (bicyclic) bond motifs is 1. The van der Waals surface area contributed by atoms with E-state index in [2.05, 4.69) is 76.4 Å². The highest BCUT2D eigenvalue weighted by Gasteiger charge is 2.36. The van der Waals surface area contributed by atoms with E-state index >= 15 is 0 Å². The molecule has 59 heavy (non-hydrogen) atoms. The third-order valence-corrected chi connectivity index (χ3v) is 11.7. The van der Waals surface area contributed by atoms with Gasteiger partial charge in [0.05, 0.1) is 16.8 Å². The zero-order valence-corrected chi connectivity index (χ0v) is 34.7. The average molecular weight is 799 g/mol. The number of carboxylic acid groups (broad SMARTS) is 2. The Morgan fingerprint density at radius 1 is 0.678 bits per heavy atom. The summed E-state index contributed by atoms with van der Waals surface area (Å²) in [4.78, 5) is 46.2. The number of aromatic carboxylic acids is 2. The number of hydrogen-bond donors (Lipinski definition) is 3. The Morgan fingerprint density at radius 3 is 1.78 bits per heavy atom. The number of Topliss-reactive ketones (excluding diaryl/α,β-unsaturated/α-hetero) is 2. The van der Waals surface area contributed by atoms with Gasteiger partial charge in [0.1, 0.15) is 5.78 Å². The number of anilines is 1. The molecular formula is C51H62N2O6. The maximum atomic E-state index is 12.3. The molecular weight excluding hydrogens is 737 g/mol. The van der Waals surface area contributed by atoms with E-state index in [-0.39, 0.29) is 41.3 Å². The van der Waals surface area contributed by atoms with Gasteiger partial charge >= 0.3 is 11.9 Å². The molecule has 2 aliphatic rings. The van der Waals surface area contributed by atoms with E-state index in [9.17, 15) is 24.3 Å². The van der Waals surface area contributed by atoms with Gasteiger partial charge in [-0.2, -0.15) is 0 Å². The molecule has 0 saturated heterocycles. The topological polar surface area (TPSA) is 140 Å². The fraction of sp³-hybridized carbons (Fsp3) is 0.373. The van der Waals surface area contributed by atoms with Gasteiger partial charge in [0.25, 0.3) is 0 Å². The highest BCUT2D eigenvalue weighted by Crippen LogP contribution is 2.42. The summed E-state index contributed by atoms with van der Waals surface area (Å²) in [5.41, 5.74) is 13.5. The Balaban J connectivity index is 0.000000216. The molecule has 5 aromatic rings. The van der Waals surface area contributed by atoms with Crippen molar-refractivity contribution in [1.82, 2.24) is 4.57 Å². The van der Waals surface area contributed by atoms with E-state index in [4.69, 9.17) is 10.8 Å². The molecule has 3 atom stereocenters. The van der Waals surface area contributed by atoms with E-state index in [1.54, 1.807) is 24.3 Å². The van der Waals surface area contributed by atoms with Crippen molar-refractivity contribution in [2.75, 3.05) is 5.73 Å². The number of benzene rings is 4. The van der Waals surface area contributed by atoms with Crippen molar-refractivity contribution in [3.05, 3.63) is 143 Å². The summed E-state index contributed by atoms with van der Waals surface area (Å²) < 4.78 is 2.27. The van der Waals surface area contributed by atoms with E-state index in [1.165, 1.54) is 23.4 Å². The molecule has 4 N–H and O–H groups in total. The first-order chi connectivity index (χ1) is 27.4. The van der Waals surface area contributed by atoms with Crippen molar-refractivity contribution in [3.63, 3.8) is 0 Å². The highest BCUT2D eigenvalue weighted by atomic mass is 16.4. The predicted molar refractivity (Wildman–Crippen MR) is 238 cm³/mol. The van der Waals surface area contributed by atoms with Crippen molar-refractivity contribution in [1.29, 1.82) is 0 Å². The Hall–Kier alpha value is -5.76. The van der Waals surface area contributed by atoms with Gasteiger partial charge in [-0.3, -0.25) is 9.59 Å². The maximum Gasteiger partial charge on any atom is 0.335 e. The van der Waals surface area contributed by atoms with Crippen LogP contribution in [0.5, 0.6) is 0 Å². The van der Waals surface area contributed by atoms with Crippen LogP contribution in [0.15, 0.2) is 115 Å². The second-order valence-corrected chi connectivity index (χ2v) is 17.8. The molecule has 0 amide bonds. The predicted octanol–water partition coefficient (Wildman–Crippen LogP) is 11.9. The van der Waals surface area contributed by atoms with E-state index in [1.807, 2.05) is 48.5 Å². The quantitative estimate of drug-likeness (QED) is 0.110. The molecule has 8 nitrogen and oxygen atoms in total. The van der Waals surface area contributed by atoms with E-state index < -0.39 is 11.9 Å². The Labute approximate surface area is 350 Å². The fourth-order valence-electron chi connectivity index (χ4n) is 8.10. The van der Waals surface area contributed by atoms with Gasteiger partial charge in [0.15, 0.2) is 5.78 Å². The minimum atomic E-state index is -0.952. The van der Waals surface area contributed by atoms with Crippen LogP contribution in [0.1, 0.15) is 123 Å². The van der Waals surface area contributed by atoms with Crippen LogP contribution in [0.3, 0.4) is 0 Å². The third kappa shape index (κ3) is 12.1. The molecule has 0 spiro atoms. The molecule has 0 aliphatic heterocycles. The number of nitrogens with zero attached hydrogens (tertiary/aromatic N) is 1. The molecule has 4 aromatic carbocycles. The first-order valence-electron chi connectivity index (χ1n) is 20.2. The van der Waals surface area contributed by atoms with Crippen molar-refractivity contribution in [3.8, 4) is 16.9 Å². The largest absolute Gasteiger partial charge is 0.478 e. The van der Waals surface area contributed by atoms with Gasteiger partial charge in [0, 0.05) is 41.4 Å². The third-order valence-electron chi connectivity index (χ3n) is 11.7. The summed E-state index contributed by atoms with van der Waals surface area (Å²) in [5, 5.41) is 17.9. The molecule has 8 heteroatoms. The van der Waals surface area contributed by atoms with Gasteiger partial charge in [-0.05, 0) is 108 Å². The minimum absolute atomic E-state index is 0. The SMILES string of the molecule is C.CC(C)(C)C1CCC(=O)C(CC(=O)c2ccccc2)C1.CC(C)(C)C1CCc2c(cc(-c3ccccc3)n2-c2cccc(C(=O)O)c2)C1.Nc1cccc(C(=O)O)c1. The summed E-state index contributed by atoms with van der Waals surface area (Å²) in [6.07, 6.45) is 6.09. The smallest absolute Gasteiger partial charge is 0.335 e. The monoisotopic (exact) mass is 798 g/mol. The molecule has 1 heterocycles. The number of ketones is 2. The van der Waals surface area contributed by atoms with Crippen LogP contribution in [-0.2, 0) is 17.6 Å². The molecule has 1 fully saturated rings. The second kappa shape index (κ2) is 19.8. The van der Waals surface area contributed by atoms with Crippen molar-refractivity contribution in [2.45, 2.75) is 93.9 Å². The molecule has 7 rings (SSSR count). The number of nitrogen functional groups attached to an aromatic ring is 1. The minimum Gasteiger partial charge on any atom is -0.478 e. The zero-order valence-electron chi connectivity index (χ0n) is 34.7. The lowest BCUT2D eigenvalue weighted by molar-refractivity contribution is -0.126. The van der Waals surface area contributed by atoms with Crippen LogP contribution >= 0.6 is 0 Å². The fourth-order valence-corrected chi connectivity index (χ4v) is 8.10. The normalized spacial score (nSPS) is 17.5. The summed E-state index contributed by atoms with van der Waals surface area (Å²) in [6, 6.07) is 35.4. The van der Waals surface area contributed by atoms with Crippen LogP contribution in [0.4, 0.5) is 5.69 Å².